The zero-order valence-electron chi connectivity index (χ0n) is 5.97. The van der Waals surface area contributed by atoms with Crippen LogP contribution in [0, 0.1) is 0 Å². The number of halogens is 6. The summed E-state index contributed by atoms with van der Waals surface area (Å²) < 4.78 is 3.64. The molecule has 0 spiro atoms. The topological polar surface area (TPSA) is 0 Å². The predicted octanol–water partition coefficient (Wildman–Crippen LogP) is 6.28. The van der Waals surface area contributed by atoms with Crippen LogP contribution in [0.3, 0.4) is 0 Å². The fraction of sp³-hybridized carbons (Fsp3) is 0.143. The van der Waals surface area contributed by atoms with Crippen molar-refractivity contribution in [3.8, 4) is 0 Å². The van der Waals surface area contributed by atoms with Crippen LogP contribution in [0.5, 0.6) is 0 Å². The Labute approximate surface area is 123 Å². The third-order valence-electron chi connectivity index (χ3n) is 1.43. The highest BCUT2D eigenvalue weighted by Crippen LogP contribution is 2.44. The van der Waals surface area contributed by atoms with E-state index in [9.17, 15) is 0 Å². The van der Waals surface area contributed by atoms with Crippen LogP contribution in [0.4, 0.5) is 0 Å². The van der Waals surface area contributed by atoms with Crippen molar-refractivity contribution in [2.75, 3.05) is 0 Å². The van der Waals surface area contributed by atoms with Gasteiger partial charge in [-0.05, 0) is 69.3 Å². The Hall–Kier alpha value is 1.91. The van der Waals surface area contributed by atoms with Crippen molar-refractivity contribution >= 4 is 91.3 Å². The van der Waals surface area contributed by atoms with E-state index in [-0.39, 0.29) is 0 Å². The minimum atomic E-state index is 0.656. The number of benzene rings is 1. The molecule has 0 atom stereocenters. The van der Waals surface area contributed by atoms with Gasteiger partial charge in [-0.3, -0.25) is 0 Å². The van der Waals surface area contributed by atoms with Crippen LogP contribution in [0.1, 0.15) is 5.56 Å². The summed E-state index contributed by atoms with van der Waals surface area (Å²) in [5.74, 6) is 0. The molecule has 0 aliphatic rings. The van der Waals surface area contributed by atoms with Gasteiger partial charge < -0.3 is 0 Å². The van der Waals surface area contributed by atoms with Gasteiger partial charge in [-0.15, -0.1) is 0 Å². The molecule has 72 valence electrons. The molecule has 0 saturated carbocycles. The molecule has 0 aromatic heterocycles. The lowest BCUT2D eigenvalue weighted by Crippen LogP contribution is -1.88. The van der Waals surface area contributed by atoms with Gasteiger partial charge in [-0.1, -0.05) is 27.5 Å². The highest BCUT2D eigenvalue weighted by Gasteiger charge is 2.16. The summed E-state index contributed by atoms with van der Waals surface area (Å²) in [6.45, 7) is 0. The molecule has 0 amide bonds. The average Bonchev–Trinajstić information content (AvgIpc) is 2.13. The molecule has 0 bridgehead atoms. The van der Waals surface area contributed by atoms with Gasteiger partial charge in [0.2, 0.25) is 0 Å². The third-order valence-corrected chi connectivity index (χ3v) is 7.23. The largest absolute Gasteiger partial charge is 0.0875 e. The van der Waals surface area contributed by atoms with E-state index in [1.54, 1.807) is 0 Å². The standard InChI is InChI=1S/C7H2Br5Cl/c8-1-2-3(9)5(11)7(13)6(12)4(2)10/h1H2. The third kappa shape index (κ3) is 2.53. The van der Waals surface area contributed by atoms with Crippen molar-refractivity contribution in [3.05, 3.63) is 28.5 Å². The second kappa shape index (κ2) is 5.30. The maximum absolute atomic E-state index is 6.05. The highest BCUT2D eigenvalue weighted by atomic mass is 79.9. The van der Waals surface area contributed by atoms with Crippen LogP contribution in [-0.2, 0) is 5.33 Å². The molecule has 0 aliphatic carbocycles. The van der Waals surface area contributed by atoms with E-state index in [2.05, 4.69) is 79.6 Å². The Kier molecular flexibility index (Phi) is 5.29. The summed E-state index contributed by atoms with van der Waals surface area (Å²) in [6.07, 6.45) is 0. The first-order valence-electron chi connectivity index (χ1n) is 3.07. The van der Waals surface area contributed by atoms with Crippen molar-refractivity contribution in [2.45, 2.75) is 5.33 Å². The van der Waals surface area contributed by atoms with E-state index in [1.807, 2.05) is 0 Å². The molecule has 1 rings (SSSR count). The summed E-state index contributed by atoms with van der Waals surface area (Å²) in [4.78, 5) is 0. The lowest BCUT2D eigenvalue weighted by molar-refractivity contribution is 1.33. The number of rotatable bonds is 1. The highest BCUT2D eigenvalue weighted by molar-refractivity contribution is 9.14. The Morgan fingerprint density at radius 3 is 1.54 bits per heavy atom. The van der Waals surface area contributed by atoms with E-state index in [0.29, 0.717) is 5.02 Å². The quantitative estimate of drug-likeness (QED) is 0.232. The summed E-state index contributed by atoms with van der Waals surface area (Å²) >= 11 is 23.2. The van der Waals surface area contributed by atoms with Gasteiger partial charge in [0.25, 0.3) is 0 Å². The van der Waals surface area contributed by atoms with Gasteiger partial charge in [0.05, 0.1) is 14.0 Å². The van der Waals surface area contributed by atoms with Crippen molar-refractivity contribution in [3.63, 3.8) is 0 Å². The number of hydrogen-bond donors (Lipinski definition) is 0. The first-order chi connectivity index (χ1) is 6.00. The first-order valence-corrected chi connectivity index (χ1v) is 7.74. The second-order valence-corrected chi connectivity index (χ2v) is 6.29. The second-order valence-electron chi connectivity index (χ2n) is 2.18. The first kappa shape index (κ1) is 13.0. The van der Waals surface area contributed by atoms with E-state index < -0.39 is 0 Å². The molecule has 0 unspecified atom stereocenters. The Bertz CT molecular complexity index is 320. The minimum absolute atomic E-state index is 0.656. The normalized spacial score (nSPS) is 10.6. The molecule has 13 heavy (non-hydrogen) atoms. The van der Waals surface area contributed by atoms with Crippen molar-refractivity contribution in [1.29, 1.82) is 0 Å². The summed E-state index contributed by atoms with van der Waals surface area (Å²) in [7, 11) is 0. The van der Waals surface area contributed by atoms with Crippen molar-refractivity contribution in [2.24, 2.45) is 0 Å². The molecule has 0 N–H and O–H groups in total. The molecule has 6 heteroatoms. The summed E-state index contributed by atoms with van der Waals surface area (Å²) in [5.41, 5.74) is 1.11. The predicted molar refractivity (Wildman–Crippen MR) is 74.9 cm³/mol. The molecule has 1 aromatic carbocycles. The zero-order chi connectivity index (χ0) is 10.2. The van der Waals surface area contributed by atoms with Crippen molar-refractivity contribution < 1.29 is 0 Å². The fourth-order valence-corrected chi connectivity index (χ4v) is 4.98. The van der Waals surface area contributed by atoms with Gasteiger partial charge in [0.1, 0.15) is 0 Å². The van der Waals surface area contributed by atoms with Crippen LogP contribution >= 0.6 is 91.3 Å². The molecule has 1 aromatic rings. The van der Waals surface area contributed by atoms with Crippen LogP contribution in [0.2, 0.25) is 5.02 Å². The minimum Gasteiger partial charge on any atom is -0.0875 e. The van der Waals surface area contributed by atoms with E-state index >= 15 is 0 Å². The molecule has 0 heterocycles. The van der Waals surface area contributed by atoms with Crippen molar-refractivity contribution in [1.82, 2.24) is 0 Å². The number of hydrogen-bond acceptors (Lipinski definition) is 0. The SMILES string of the molecule is Clc1c(Br)c(Br)c(CBr)c(Br)c1Br. The number of alkyl halides is 1. The van der Waals surface area contributed by atoms with Gasteiger partial charge in [-0.2, -0.15) is 0 Å². The van der Waals surface area contributed by atoms with Gasteiger partial charge in [0, 0.05) is 14.3 Å². The molecule has 0 nitrogen and oxygen atoms in total. The van der Waals surface area contributed by atoms with E-state index in [4.69, 9.17) is 11.6 Å². The van der Waals surface area contributed by atoms with Gasteiger partial charge in [0.15, 0.2) is 0 Å². The molecular weight excluding hydrogens is 519 g/mol. The molecule has 0 saturated heterocycles. The van der Waals surface area contributed by atoms with Crippen LogP contribution in [-0.4, -0.2) is 0 Å². The Morgan fingerprint density at radius 2 is 1.23 bits per heavy atom. The monoisotopic (exact) mass is 516 g/mol. The van der Waals surface area contributed by atoms with Crippen LogP contribution < -0.4 is 0 Å². The van der Waals surface area contributed by atoms with Crippen LogP contribution in [0.25, 0.3) is 0 Å². The lowest BCUT2D eigenvalue weighted by atomic mass is 10.2. The molecule has 0 fully saturated rings. The molecule has 0 aliphatic heterocycles. The van der Waals surface area contributed by atoms with Gasteiger partial charge >= 0.3 is 0 Å². The summed E-state index contributed by atoms with van der Waals surface area (Å²) in [5, 5.41) is 1.41. The maximum atomic E-state index is 6.05. The zero-order valence-corrected chi connectivity index (χ0v) is 14.7. The van der Waals surface area contributed by atoms with E-state index in [0.717, 1.165) is 28.8 Å². The van der Waals surface area contributed by atoms with Gasteiger partial charge in [-0.25, -0.2) is 0 Å². The molecule has 0 radical (unpaired) electrons. The summed E-state index contributed by atoms with van der Waals surface area (Å²) in [6, 6.07) is 0. The fourth-order valence-electron chi connectivity index (χ4n) is 0.768. The smallest absolute Gasteiger partial charge is 0.0713 e. The van der Waals surface area contributed by atoms with E-state index in [1.165, 1.54) is 0 Å². The maximum Gasteiger partial charge on any atom is 0.0713 e. The Morgan fingerprint density at radius 1 is 0.846 bits per heavy atom. The van der Waals surface area contributed by atoms with Crippen LogP contribution in [0.15, 0.2) is 17.9 Å². The molecular formula is C7H2Br5Cl. The Balaban J connectivity index is 3.56. The average molecular weight is 521 g/mol. The lowest BCUT2D eigenvalue weighted by Gasteiger charge is -2.10.